The van der Waals surface area contributed by atoms with Crippen LogP contribution < -0.4 is 9.80 Å². The molecule has 1 aliphatic heterocycles. The first kappa shape index (κ1) is 57.2. The third-order valence-corrected chi connectivity index (χ3v) is 14.5. The number of benzene rings is 5. The van der Waals surface area contributed by atoms with E-state index in [1.54, 1.807) is 11.8 Å². The fourth-order valence-corrected chi connectivity index (χ4v) is 10.9. The van der Waals surface area contributed by atoms with Crippen LogP contribution in [0.4, 0.5) is 11.4 Å². The van der Waals surface area contributed by atoms with E-state index < -0.39 is 0 Å². The zero-order valence-electron chi connectivity index (χ0n) is 46.9. The molecule has 0 N–H and O–H groups in total. The second-order valence-electron chi connectivity index (χ2n) is 18.0. The summed E-state index contributed by atoms with van der Waals surface area (Å²) in [6, 6.07) is 37.7. The predicted octanol–water partition coefficient (Wildman–Crippen LogP) is 21.1. The lowest BCUT2D eigenvalue weighted by atomic mass is 10.0. The van der Waals surface area contributed by atoms with Gasteiger partial charge in [0, 0.05) is 54.1 Å². The standard InChI is InChI=1S/C66H67N5S.C2H6.C2H4/c1-13-20-22-30-51(17-5)68(48(11)46(9)29-21-14-2)53-38-36-50(37-39-53)47(10)42-52(18-6)70-59-32-24-23-31-54(59)56-43-63-57(44-62(56)70)55-41-45(8)35-40-60(55)71(63)66(28-16-4)67-49(12)69-58(19-7)64(27-15-3)72-65-34-26-25-33-61(65)69;2*1-2/h13,15-16,18-44H,1,4,7,14,17H2,2-3,5-6,8-12H3;1-2H3;1-2H2/b22-20-,27-15-,29-21-,47-42+,48-46+,51-30+,52-18+,66-28+,67-49+;;. The van der Waals surface area contributed by atoms with Gasteiger partial charge in [-0.05, 0) is 157 Å². The van der Waals surface area contributed by atoms with E-state index in [-0.39, 0.29) is 0 Å². The summed E-state index contributed by atoms with van der Waals surface area (Å²) >= 11 is 1.75. The number of rotatable bonds is 16. The van der Waals surface area contributed by atoms with E-state index in [2.05, 4.69) is 259 Å². The van der Waals surface area contributed by atoms with Gasteiger partial charge in [0.05, 0.1) is 33.5 Å². The Bertz CT molecular complexity index is 3600. The second kappa shape index (κ2) is 26.9. The number of fused-ring (bicyclic) bond motifs is 7. The van der Waals surface area contributed by atoms with Crippen molar-refractivity contribution in [3.63, 3.8) is 0 Å². The topological polar surface area (TPSA) is 28.7 Å². The van der Waals surface area contributed by atoms with Crippen molar-refractivity contribution >= 4 is 89.7 Å². The highest BCUT2D eigenvalue weighted by Gasteiger charge is 2.26. The van der Waals surface area contributed by atoms with E-state index in [4.69, 9.17) is 4.99 Å². The molecule has 3 heterocycles. The Kier molecular flexibility index (Phi) is 20.3. The van der Waals surface area contributed by atoms with Crippen molar-refractivity contribution in [2.75, 3.05) is 9.80 Å². The van der Waals surface area contributed by atoms with Crippen LogP contribution in [0.25, 0.3) is 60.7 Å². The number of allylic oxidation sites excluding steroid dienone is 18. The molecule has 5 aromatic carbocycles. The van der Waals surface area contributed by atoms with Gasteiger partial charge in [0.2, 0.25) is 0 Å². The number of nitrogens with zero attached hydrogens (tertiary/aromatic N) is 5. The molecule has 76 heavy (non-hydrogen) atoms. The van der Waals surface area contributed by atoms with Crippen LogP contribution in [0.3, 0.4) is 0 Å². The highest BCUT2D eigenvalue weighted by atomic mass is 32.2. The highest BCUT2D eigenvalue weighted by molar-refractivity contribution is 8.03. The fourth-order valence-electron chi connectivity index (χ4n) is 9.77. The number of thioether (sulfide) groups is 1. The van der Waals surface area contributed by atoms with Gasteiger partial charge in [0.15, 0.2) is 0 Å². The lowest BCUT2D eigenvalue weighted by molar-refractivity contribution is 0.955. The number of aryl methyl sites for hydroxylation is 1. The zero-order valence-corrected chi connectivity index (χ0v) is 47.7. The number of amidine groups is 1. The number of hydrogen-bond acceptors (Lipinski definition) is 3. The summed E-state index contributed by atoms with van der Waals surface area (Å²) in [7, 11) is 0. The average Bonchev–Trinajstić information content (AvgIpc) is 3.96. The molecule has 0 bridgehead atoms. The van der Waals surface area contributed by atoms with E-state index in [9.17, 15) is 0 Å². The van der Waals surface area contributed by atoms with Crippen LogP contribution in [0.1, 0.15) is 93.2 Å². The van der Waals surface area contributed by atoms with E-state index >= 15 is 0 Å². The first-order valence-corrected chi connectivity index (χ1v) is 27.3. The first-order chi connectivity index (χ1) is 37.0. The van der Waals surface area contributed by atoms with Crippen molar-refractivity contribution in [2.24, 2.45) is 4.99 Å². The Balaban J connectivity index is 0.00000229. The third-order valence-electron chi connectivity index (χ3n) is 13.3. The maximum Gasteiger partial charge on any atom is 0.139 e. The molecule has 0 spiro atoms. The second-order valence-corrected chi connectivity index (χ2v) is 19.1. The molecule has 8 rings (SSSR count). The highest BCUT2D eigenvalue weighted by Crippen LogP contribution is 2.45. The van der Waals surface area contributed by atoms with E-state index in [0.29, 0.717) is 0 Å². The fraction of sp³-hybridized carbons (Fsp3) is 0.186. The molecule has 0 radical (unpaired) electrons. The van der Waals surface area contributed by atoms with E-state index in [0.717, 1.165) is 101 Å². The van der Waals surface area contributed by atoms with Crippen LogP contribution >= 0.6 is 11.8 Å². The summed E-state index contributed by atoms with van der Waals surface area (Å²) in [6.07, 6.45) is 29.0. The Hall–Kier alpha value is -8.06. The van der Waals surface area contributed by atoms with Crippen LogP contribution in [0, 0.1) is 6.92 Å². The molecule has 0 saturated heterocycles. The summed E-state index contributed by atoms with van der Waals surface area (Å²) in [5.41, 5.74) is 15.9. The molecule has 0 saturated carbocycles. The van der Waals surface area contributed by atoms with Gasteiger partial charge in [0.1, 0.15) is 11.7 Å². The van der Waals surface area contributed by atoms with Crippen molar-refractivity contribution in [2.45, 2.75) is 93.9 Å². The number of anilines is 2. The van der Waals surface area contributed by atoms with Crippen LogP contribution in [0.5, 0.6) is 0 Å². The molecule has 0 amide bonds. The van der Waals surface area contributed by atoms with Crippen LogP contribution in [0.15, 0.2) is 252 Å². The molecule has 6 heteroatoms. The monoisotopic (exact) mass is 1020 g/mol. The molecule has 0 fully saturated rings. The Morgan fingerprint density at radius 1 is 0.711 bits per heavy atom. The lowest BCUT2D eigenvalue weighted by Crippen LogP contribution is -2.30. The van der Waals surface area contributed by atoms with Crippen molar-refractivity contribution in [3.8, 4) is 0 Å². The Labute approximate surface area is 458 Å². The van der Waals surface area contributed by atoms with Crippen LogP contribution in [-0.4, -0.2) is 15.0 Å². The van der Waals surface area contributed by atoms with Gasteiger partial charge in [-0.15, -0.1) is 13.2 Å². The van der Waals surface area contributed by atoms with Crippen LogP contribution in [-0.2, 0) is 0 Å². The Morgan fingerprint density at radius 3 is 2.03 bits per heavy atom. The minimum absolute atomic E-state index is 0.768. The van der Waals surface area contributed by atoms with Crippen molar-refractivity contribution in [3.05, 3.63) is 254 Å². The summed E-state index contributed by atoms with van der Waals surface area (Å²) < 4.78 is 4.73. The summed E-state index contributed by atoms with van der Waals surface area (Å²) in [5.74, 6) is 1.59. The van der Waals surface area contributed by atoms with Crippen molar-refractivity contribution < 1.29 is 0 Å². The predicted molar refractivity (Wildman–Crippen MR) is 342 cm³/mol. The molecule has 0 aliphatic carbocycles. The van der Waals surface area contributed by atoms with Crippen LogP contribution in [0.2, 0.25) is 0 Å². The minimum Gasteiger partial charge on any atom is -0.318 e. The SMILES string of the molecule is C=C.C=C/C=C\C=C(/CC)N(/C(C)=C(C)/C=C\CC)c1ccc(/C(C)=C/C(=C\C)n2c3ccccc3c3cc4c(cc32)c2cc(C)ccc2n4C(=C/C=C)/N=C(\C)N2C(C=C)=C(/C=C\C)Sc3ccccc32)cc1.CC. The largest absolute Gasteiger partial charge is 0.318 e. The zero-order chi connectivity index (χ0) is 55.1. The smallest absolute Gasteiger partial charge is 0.139 e. The normalized spacial score (nSPS) is 14.1. The summed E-state index contributed by atoms with van der Waals surface area (Å²) in [6.45, 7) is 41.8. The van der Waals surface area contributed by atoms with Gasteiger partial charge in [-0.3, -0.25) is 9.47 Å². The van der Waals surface area contributed by atoms with E-state index in [1.807, 2.05) is 51.2 Å². The van der Waals surface area contributed by atoms with Crippen molar-refractivity contribution in [1.82, 2.24) is 9.13 Å². The molecular weight excluding hydrogens is 943 g/mol. The quantitative estimate of drug-likeness (QED) is 0.0418. The van der Waals surface area contributed by atoms with Gasteiger partial charge in [-0.2, -0.15) is 0 Å². The Morgan fingerprint density at radius 2 is 1.37 bits per heavy atom. The number of aromatic nitrogens is 2. The molecule has 0 atom stereocenters. The summed E-state index contributed by atoms with van der Waals surface area (Å²) in [5, 5.41) is 4.66. The maximum absolute atomic E-state index is 5.51. The molecule has 2 aromatic heterocycles. The minimum atomic E-state index is 0.768. The molecule has 388 valence electrons. The van der Waals surface area contributed by atoms with Gasteiger partial charge in [0.25, 0.3) is 0 Å². The number of aliphatic imine (C=N–C) groups is 1. The maximum atomic E-state index is 5.51. The molecule has 7 aromatic rings. The van der Waals surface area contributed by atoms with Gasteiger partial charge in [-0.25, -0.2) is 4.99 Å². The van der Waals surface area contributed by atoms with Crippen molar-refractivity contribution in [1.29, 1.82) is 0 Å². The van der Waals surface area contributed by atoms with Gasteiger partial charge >= 0.3 is 0 Å². The molecule has 0 unspecified atom stereocenters. The van der Waals surface area contributed by atoms with Gasteiger partial charge in [-0.1, -0.05) is 168 Å². The lowest BCUT2D eigenvalue weighted by Gasteiger charge is -2.33. The average molecular weight is 1020 g/mol. The van der Waals surface area contributed by atoms with Gasteiger partial charge < -0.3 is 9.47 Å². The third kappa shape index (κ3) is 11.7. The number of para-hydroxylation sites is 2. The number of hydrogen-bond donors (Lipinski definition) is 0. The summed E-state index contributed by atoms with van der Waals surface area (Å²) in [4.78, 5) is 12.4. The first-order valence-electron chi connectivity index (χ1n) is 26.5. The molecule has 5 nitrogen and oxygen atoms in total. The molecular formula is C70H77N5S. The van der Waals surface area contributed by atoms with E-state index in [1.165, 1.54) is 33.5 Å². The molecule has 1 aliphatic rings.